The maximum absolute atomic E-state index is 12.1. The molecule has 0 aliphatic heterocycles. The normalized spacial score (nSPS) is 10.6. The van der Waals surface area contributed by atoms with Crippen molar-refractivity contribution in [1.82, 2.24) is 20.0 Å². The average Bonchev–Trinajstić information content (AvgIpc) is 2.53. The minimum absolute atomic E-state index is 0.0664. The minimum atomic E-state index is -0.232. The van der Waals surface area contributed by atoms with Gasteiger partial charge in [-0.15, -0.1) is 0 Å². The molecule has 7 nitrogen and oxygen atoms in total. The molecule has 7 heteroatoms. The standard InChI is InChI=1S/C15H13N5O2/c1-20-15(22)12-5-3-2-4-11(12)13(19-20)8-14(21)18-10-6-7-16-17-9-10/h2-7,9H,8H2,1H3,(H,16,18,21). The van der Waals surface area contributed by atoms with Crippen molar-refractivity contribution in [2.24, 2.45) is 7.05 Å². The van der Waals surface area contributed by atoms with E-state index in [0.717, 1.165) is 0 Å². The SMILES string of the molecule is Cn1nc(CC(=O)Nc2ccnnc2)c2ccccc2c1=O. The number of benzene rings is 1. The summed E-state index contributed by atoms with van der Waals surface area (Å²) in [5, 5.41) is 15.5. The summed E-state index contributed by atoms with van der Waals surface area (Å²) in [5.74, 6) is -0.232. The minimum Gasteiger partial charge on any atom is -0.324 e. The van der Waals surface area contributed by atoms with Gasteiger partial charge in [0, 0.05) is 12.4 Å². The van der Waals surface area contributed by atoms with Crippen molar-refractivity contribution >= 4 is 22.4 Å². The van der Waals surface area contributed by atoms with Gasteiger partial charge in [0.15, 0.2) is 0 Å². The van der Waals surface area contributed by atoms with E-state index in [4.69, 9.17) is 0 Å². The van der Waals surface area contributed by atoms with Gasteiger partial charge < -0.3 is 5.32 Å². The molecule has 0 radical (unpaired) electrons. The Labute approximate surface area is 125 Å². The highest BCUT2D eigenvalue weighted by atomic mass is 16.1. The summed E-state index contributed by atoms with van der Waals surface area (Å²) in [6.45, 7) is 0. The highest BCUT2D eigenvalue weighted by Gasteiger charge is 2.12. The van der Waals surface area contributed by atoms with Crippen LogP contribution in [0.1, 0.15) is 5.69 Å². The number of nitrogens with zero attached hydrogens (tertiary/aromatic N) is 4. The van der Waals surface area contributed by atoms with E-state index >= 15 is 0 Å². The molecule has 3 rings (SSSR count). The van der Waals surface area contributed by atoms with Crippen molar-refractivity contribution in [3.8, 4) is 0 Å². The highest BCUT2D eigenvalue weighted by molar-refractivity contribution is 5.95. The van der Waals surface area contributed by atoms with Crippen LogP contribution in [-0.4, -0.2) is 25.9 Å². The van der Waals surface area contributed by atoms with E-state index < -0.39 is 0 Å². The fourth-order valence-corrected chi connectivity index (χ4v) is 2.23. The first-order valence-electron chi connectivity index (χ1n) is 6.66. The van der Waals surface area contributed by atoms with Gasteiger partial charge in [-0.2, -0.15) is 15.3 Å². The van der Waals surface area contributed by atoms with Gasteiger partial charge in [-0.3, -0.25) is 9.59 Å². The van der Waals surface area contributed by atoms with E-state index in [1.54, 1.807) is 31.3 Å². The summed E-state index contributed by atoms with van der Waals surface area (Å²) in [7, 11) is 1.57. The molecule has 0 aliphatic rings. The number of amides is 1. The molecule has 0 saturated carbocycles. The maximum Gasteiger partial charge on any atom is 0.274 e. The zero-order valence-electron chi connectivity index (χ0n) is 11.9. The molecule has 0 aliphatic carbocycles. The van der Waals surface area contributed by atoms with E-state index in [0.29, 0.717) is 22.2 Å². The lowest BCUT2D eigenvalue weighted by Gasteiger charge is -2.08. The van der Waals surface area contributed by atoms with E-state index in [1.165, 1.54) is 17.1 Å². The fourth-order valence-electron chi connectivity index (χ4n) is 2.23. The zero-order chi connectivity index (χ0) is 15.5. The highest BCUT2D eigenvalue weighted by Crippen LogP contribution is 2.14. The van der Waals surface area contributed by atoms with E-state index in [-0.39, 0.29) is 17.9 Å². The van der Waals surface area contributed by atoms with Crippen LogP contribution < -0.4 is 10.9 Å². The lowest BCUT2D eigenvalue weighted by atomic mass is 10.1. The molecule has 22 heavy (non-hydrogen) atoms. The number of carbonyl (C=O) groups excluding carboxylic acids is 1. The third-order valence-corrected chi connectivity index (χ3v) is 3.23. The van der Waals surface area contributed by atoms with Gasteiger partial charge in [0.05, 0.1) is 35.6 Å². The lowest BCUT2D eigenvalue weighted by Crippen LogP contribution is -2.24. The Morgan fingerprint density at radius 1 is 1.18 bits per heavy atom. The van der Waals surface area contributed by atoms with Gasteiger partial charge in [-0.05, 0) is 12.1 Å². The summed E-state index contributed by atoms with van der Waals surface area (Å²) < 4.78 is 1.25. The first-order chi connectivity index (χ1) is 10.6. The molecule has 0 spiro atoms. The zero-order valence-corrected chi connectivity index (χ0v) is 11.9. The third kappa shape index (κ3) is 2.69. The molecule has 0 unspecified atom stereocenters. The Bertz CT molecular complexity index is 889. The van der Waals surface area contributed by atoms with Crippen LogP contribution >= 0.6 is 0 Å². The Morgan fingerprint density at radius 3 is 2.68 bits per heavy atom. The van der Waals surface area contributed by atoms with Crippen molar-refractivity contribution < 1.29 is 4.79 Å². The van der Waals surface area contributed by atoms with Gasteiger partial charge >= 0.3 is 0 Å². The molecule has 1 N–H and O–H groups in total. The van der Waals surface area contributed by atoms with Crippen molar-refractivity contribution in [2.75, 3.05) is 5.32 Å². The van der Waals surface area contributed by atoms with Crippen molar-refractivity contribution in [3.63, 3.8) is 0 Å². The van der Waals surface area contributed by atoms with Crippen LogP contribution in [0.4, 0.5) is 5.69 Å². The summed E-state index contributed by atoms with van der Waals surface area (Å²) in [4.78, 5) is 24.2. The second-order valence-electron chi connectivity index (χ2n) is 4.78. The van der Waals surface area contributed by atoms with E-state index in [2.05, 4.69) is 20.6 Å². The van der Waals surface area contributed by atoms with Crippen LogP contribution in [0.5, 0.6) is 0 Å². The first kappa shape index (κ1) is 13.9. The van der Waals surface area contributed by atoms with E-state index in [9.17, 15) is 9.59 Å². The van der Waals surface area contributed by atoms with Crippen LogP contribution in [0.25, 0.3) is 10.8 Å². The molecule has 0 bridgehead atoms. The largest absolute Gasteiger partial charge is 0.324 e. The van der Waals surface area contributed by atoms with Gasteiger partial charge in [0.25, 0.3) is 5.56 Å². The molecular weight excluding hydrogens is 282 g/mol. The lowest BCUT2D eigenvalue weighted by molar-refractivity contribution is -0.115. The molecule has 0 saturated heterocycles. The second kappa shape index (κ2) is 5.72. The van der Waals surface area contributed by atoms with Gasteiger partial charge in [-0.25, -0.2) is 4.68 Å². The number of aryl methyl sites for hydroxylation is 1. The summed E-state index contributed by atoms with van der Waals surface area (Å²) in [5.41, 5.74) is 0.935. The number of fused-ring (bicyclic) bond motifs is 1. The number of rotatable bonds is 3. The molecule has 0 atom stereocenters. The maximum atomic E-state index is 12.1. The smallest absolute Gasteiger partial charge is 0.274 e. The summed E-state index contributed by atoms with van der Waals surface area (Å²) in [6.07, 6.45) is 3.02. The molecule has 110 valence electrons. The number of nitrogens with one attached hydrogen (secondary N) is 1. The van der Waals surface area contributed by atoms with Crippen molar-refractivity contribution in [3.05, 3.63) is 58.8 Å². The van der Waals surface area contributed by atoms with Gasteiger partial charge in [0.2, 0.25) is 5.91 Å². The van der Waals surface area contributed by atoms with Crippen LogP contribution in [0.3, 0.4) is 0 Å². The van der Waals surface area contributed by atoms with Crippen LogP contribution in [0.15, 0.2) is 47.5 Å². The quantitative estimate of drug-likeness (QED) is 0.775. The van der Waals surface area contributed by atoms with Crippen LogP contribution in [-0.2, 0) is 18.3 Å². The molecule has 2 aromatic heterocycles. The topological polar surface area (TPSA) is 89.8 Å². The Balaban J connectivity index is 1.92. The number of anilines is 1. The number of hydrogen-bond acceptors (Lipinski definition) is 5. The number of hydrogen-bond donors (Lipinski definition) is 1. The predicted molar refractivity (Wildman–Crippen MR) is 81.3 cm³/mol. The average molecular weight is 295 g/mol. The predicted octanol–water partition coefficient (Wildman–Crippen LogP) is 0.905. The van der Waals surface area contributed by atoms with Crippen LogP contribution in [0.2, 0.25) is 0 Å². The van der Waals surface area contributed by atoms with Crippen molar-refractivity contribution in [2.45, 2.75) is 6.42 Å². The van der Waals surface area contributed by atoms with Crippen molar-refractivity contribution in [1.29, 1.82) is 0 Å². The molecule has 1 amide bonds. The van der Waals surface area contributed by atoms with Gasteiger partial charge in [-0.1, -0.05) is 18.2 Å². The Kier molecular flexibility index (Phi) is 3.61. The summed E-state index contributed by atoms with van der Waals surface area (Å²) in [6, 6.07) is 8.78. The second-order valence-corrected chi connectivity index (χ2v) is 4.78. The number of carbonyl (C=O) groups is 1. The van der Waals surface area contributed by atoms with Gasteiger partial charge in [0.1, 0.15) is 0 Å². The molecule has 2 heterocycles. The third-order valence-electron chi connectivity index (χ3n) is 3.23. The molecule has 0 fully saturated rings. The molecule has 3 aromatic rings. The summed E-state index contributed by atoms with van der Waals surface area (Å²) >= 11 is 0. The molecule has 1 aromatic carbocycles. The van der Waals surface area contributed by atoms with E-state index in [1.807, 2.05) is 6.07 Å². The molecular formula is C15H13N5O2. The fraction of sp³-hybridized carbons (Fsp3) is 0.133. The Morgan fingerprint density at radius 2 is 1.95 bits per heavy atom. The first-order valence-corrected chi connectivity index (χ1v) is 6.66. The monoisotopic (exact) mass is 295 g/mol. The van der Waals surface area contributed by atoms with Crippen LogP contribution in [0, 0.1) is 0 Å². The number of aromatic nitrogens is 4. The Hall–Kier alpha value is -3.09.